The van der Waals surface area contributed by atoms with Crippen molar-refractivity contribution >= 4 is 0 Å². The summed E-state index contributed by atoms with van der Waals surface area (Å²) in [7, 11) is 0. The molecule has 2 aliphatic rings. The molecule has 14 heavy (non-hydrogen) atoms. The fourth-order valence-electron chi connectivity index (χ4n) is 2.79. The molecule has 0 spiro atoms. The van der Waals surface area contributed by atoms with Gasteiger partial charge in [0, 0.05) is 6.04 Å². The zero-order chi connectivity index (χ0) is 9.80. The predicted octanol–water partition coefficient (Wildman–Crippen LogP) is 3.34. The van der Waals surface area contributed by atoms with Crippen LogP contribution in [0, 0.1) is 11.8 Å². The maximum Gasteiger partial charge on any atom is 0.00671 e. The molecule has 1 heteroatoms. The first-order valence-electron chi connectivity index (χ1n) is 6.62. The Kier molecular flexibility index (Phi) is 3.86. The van der Waals surface area contributed by atoms with E-state index in [0.29, 0.717) is 0 Å². The topological polar surface area (TPSA) is 12.0 Å². The molecule has 82 valence electrons. The van der Waals surface area contributed by atoms with Gasteiger partial charge >= 0.3 is 0 Å². The molecule has 0 atom stereocenters. The third kappa shape index (κ3) is 2.73. The Morgan fingerprint density at radius 1 is 0.929 bits per heavy atom. The van der Waals surface area contributed by atoms with Crippen LogP contribution in [0.15, 0.2) is 0 Å². The van der Waals surface area contributed by atoms with Crippen molar-refractivity contribution in [2.45, 2.75) is 64.3 Å². The molecule has 0 saturated heterocycles. The van der Waals surface area contributed by atoms with Crippen molar-refractivity contribution in [3.05, 3.63) is 0 Å². The molecule has 1 nitrogen and oxygen atoms in total. The lowest BCUT2D eigenvalue weighted by Crippen LogP contribution is -2.38. The van der Waals surface area contributed by atoms with Crippen LogP contribution in [0.2, 0.25) is 0 Å². The first-order valence-corrected chi connectivity index (χ1v) is 6.62. The molecule has 0 aliphatic heterocycles. The van der Waals surface area contributed by atoms with Crippen LogP contribution >= 0.6 is 0 Å². The Morgan fingerprint density at radius 2 is 1.57 bits per heavy atom. The minimum atomic E-state index is 0.888. The maximum atomic E-state index is 3.72. The molecule has 2 fully saturated rings. The van der Waals surface area contributed by atoms with Gasteiger partial charge in [0.25, 0.3) is 0 Å². The van der Waals surface area contributed by atoms with Crippen molar-refractivity contribution in [2.75, 3.05) is 6.54 Å². The highest BCUT2D eigenvalue weighted by Gasteiger charge is 2.22. The average Bonchev–Trinajstić information content (AvgIpc) is 2.16. The average molecular weight is 195 g/mol. The van der Waals surface area contributed by atoms with Gasteiger partial charge < -0.3 is 5.32 Å². The minimum Gasteiger partial charge on any atom is -0.314 e. The van der Waals surface area contributed by atoms with E-state index >= 15 is 0 Å². The summed E-state index contributed by atoms with van der Waals surface area (Å²) in [6, 6.07) is 0.888. The Morgan fingerprint density at radius 3 is 2.07 bits per heavy atom. The third-order valence-electron chi connectivity index (χ3n) is 4.34. The summed E-state index contributed by atoms with van der Waals surface area (Å²) < 4.78 is 0. The van der Waals surface area contributed by atoms with Crippen LogP contribution < -0.4 is 5.32 Å². The molecule has 0 aromatic rings. The molecule has 2 aliphatic carbocycles. The van der Waals surface area contributed by atoms with Gasteiger partial charge in [0.05, 0.1) is 0 Å². The third-order valence-corrected chi connectivity index (χ3v) is 4.34. The second kappa shape index (κ2) is 5.16. The van der Waals surface area contributed by atoms with Gasteiger partial charge in [0.1, 0.15) is 0 Å². The zero-order valence-corrected chi connectivity index (χ0v) is 9.60. The lowest BCUT2D eigenvalue weighted by atomic mass is 9.80. The molecule has 0 bridgehead atoms. The quantitative estimate of drug-likeness (QED) is 0.725. The van der Waals surface area contributed by atoms with Crippen molar-refractivity contribution in [1.82, 2.24) is 5.32 Å². The first-order chi connectivity index (χ1) is 6.88. The minimum absolute atomic E-state index is 0.888. The molecule has 1 N–H and O–H groups in total. The number of nitrogens with one attached hydrogen (secondary N) is 1. The van der Waals surface area contributed by atoms with Crippen molar-refractivity contribution in [3.8, 4) is 0 Å². The highest BCUT2D eigenvalue weighted by molar-refractivity contribution is 4.79. The van der Waals surface area contributed by atoms with E-state index in [9.17, 15) is 0 Å². The van der Waals surface area contributed by atoms with Crippen LogP contribution in [0.5, 0.6) is 0 Å². The molecule has 0 radical (unpaired) electrons. The van der Waals surface area contributed by atoms with Gasteiger partial charge in [-0.2, -0.15) is 0 Å². The van der Waals surface area contributed by atoms with E-state index in [1.54, 1.807) is 0 Å². The molecule has 0 amide bonds. The number of rotatable bonds is 4. The second-order valence-corrected chi connectivity index (χ2v) is 5.33. The summed E-state index contributed by atoms with van der Waals surface area (Å²) in [5.74, 6) is 2.05. The number of hydrogen-bond donors (Lipinski definition) is 1. The molecule has 2 saturated carbocycles. The van der Waals surface area contributed by atoms with E-state index in [-0.39, 0.29) is 0 Å². The summed E-state index contributed by atoms with van der Waals surface area (Å²) in [6.07, 6.45) is 11.7. The number of hydrogen-bond acceptors (Lipinski definition) is 1. The Balaban J connectivity index is 1.58. The molecule has 0 aromatic carbocycles. The summed E-state index contributed by atoms with van der Waals surface area (Å²) in [5.41, 5.74) is 0. The summed E-state index contributed by atoms with van der Waals surface area (Å²) in [4.78, 5) is 0. The molecule has 0 aromatic heterocycles. The van der Waals surface area contributed by atoms with Gasteiger partial charge in [-0.05, 0) is 44.1 Å². The smallest absolute Gasteiger partial charge is 0.00671 e. The Bertz CT molecular complexity index is 155. The monoisotopic (exact) mass is 195 g/mol. The normalized spacial score (nSPS) is 34.1. The second-order valence-electron chi connectivity index (χ2n) is 5.33. The first kappa shape index (κ1) is 10.5. The van der Waals surface area contributed by atoms with Gasteiger partial charge in [0.15, 0.2) is 0 Å². The van der Waals surface area contributed by atoms with Crippen LogP contribution in [-0.2, 0) is 0 Å². The van der Waals surface area contributed by atoms with Crippen molar-refractivity contribution in [3.63, 3.8) is 0 Å². The largest absolute Gasteiger partial charge is 0.314 e. The van der Waals surface area contributed by atoms with Crippen molar-refractivity contribution < 1.29 is 0 Å². The fourth-order valence-corrected chi connectivity index (χ4v) is 2.79. The van der Waals surface area contributed by atoms with E-state index in [4.69, 9.17) is 0 Å². The van der Waals surface area contributed by atoms with Crippen LogP contribution in [0.1, 0.15) is 58.3 Å². The van der Waals surface area contributed by atoms with Gasteiger partial charge in [-0.3, -0.25) is 0 Å². The van der Waals surface area contributed by atoms with E-state index < -0.39 is 0 Å². The van der Waals surface area contributed by atoms with E-state index in [1.807, 2.05) is 0 Å². The zero-order valence-electron chi connectivity index (χ0n) is 9.60. The Hall–Kier alpha value is -0.0400. The maximum absolute atomic E-state index is 3.72. The van der Waals surface area contributed by atoms with Gasteiger partial charge in [-0.25, -0.2) is 0 Å². The van der Waals surface area contributed by atoms with Crippen LogP contribution in [0.4, 0.5) is 0 Å². The lowest BCUT2D eigenvalue weighted by Gasteiger charge is -2.32. The lowest BCUT2D eigenvalue weighted by molar-refractivity contribution is 0.240. The predicted molar refractivity (Wildman–Crippen MR) is 61.4 cm³/mol. The molecule has 0 heterocycles. The van der Waals surface area contributed by atoms with Crippen molar-refractivity contribution in [2.24, 2.45) is 11.8 Å². The fraction of sp³-hybridized carbons (Fsp3) is 1.00. The highest BCUT2D eigenvalue weighted by Crippen LogP contribution is 2.30. The van der Waals surface area contributed by atoms with E-state index in [0.717, 1.165) is 17.9 Å². The van der Waals surface area contributed by atoms with Crippen LogP contribution in [-0.4, -0.2) is 12.6 Å². The van der Waals surface area contributed by atoms with E-state index in [2.05, 4.69) is 12.2 Å². The summed E-state index contributed by atoms with van der Waals surface area (Å²) in [6.45, 7) is 3.65. The molecule has 2 rings (SSSR count). The Labute approximate surface area is 88.7 Å². The van der Waals surface area contributed by atoms with Crippen LogP contribution in [0.25, 0.3) is 0 Å². The highest BCUT2D eigenvalue weighted by atomic mass is 14.9. The SMILES string of the molecule is CCC1CCC(CNC2CCC2)CC1. The molecular formula is C13H25N. The molecular weight excluding hydrogens is 170 g/mol. The van der Waals surface area contributed by atoms with E-state index in [1.165, 1.54) is 57.9 Å². The summed E-state index contributed by atoms with van der Waals surface area (Å²) >= 11 is 0. The van der Waals surface area contributed by atoms with Crippen molar-refractivity contribution in [1.29, 1.82) is 0 Å². The standard InChI is InChI=1S/C13H25N/c1-2-11-6-8-12(9-7-11)10-14-13-4-3-5-13/h11-14H,2-10H2,1H3. The molecule has 0 unspecified atom stereocenters. The van der Waals surface area contributed by atoms with Gasteiger partial charge in [-0.15, -0.1) is 0 Å². The van der Waals surface area contributed by atoms with Gasteiger partial charge in [0.2, 0.25) is 0 Å². The summed E-state index contributed by atoms with van der Waals surface area (Å²) in [5, 5.41) is 3.72. The van der Waals surface area contributed by atoms with Crippen LogP contribution in [0.3, 0.4) is 0 Å². The van der Waals surface area contributed by atoms with Gasteiger partial charge in [-0.1, -0.05) is 32.6 Å².